The lowest BCUT2D eigenvalue weighted by Gasteiger charge is -2.39. The van der Waals surface area contributed by atoms with Gasteiger partial charge in [-0.05, 0) is 30.2 Å². The normalized spacial score (nSPS) is 16.4. The van der Waals surface area contributed by atoms with Crippen LogP contribution >= 0.6 is 11.3 Å². The summed E-state index contributed by atoms with van der Waals surface area (Å²) in [4.78, 5) is 11.0. The second kappa shape index (κ2) is 8.90. The lowest BCUT2D eigenvalue weighted by molar-refractivity contribution is 0.105. The maximum atomic E-state index is 11.0. The summed E-state index contributed by atoms with van der Waals surface area (Å²) in [6.45, 7) is 6.54. The van der Waals surface area contributed by atoms with Gasteiger partial charge in [-0.2, -0.15) is 4.52 Å². The number of hydrogen-bond acceptors (Lipinski definition) is 7. The molecule has 0 radical (unpaired) electrons. The van der Waals surface area contributed by atoms with Crippen molar-refractivity contribution in [2.75, 3.05) is 33.3 Å². The summed E-state index contributed by atoms with van der Waals surface area (Å²) in [6.07, 6.45) is 0. The molecule has 1 saturated heterocycles. The Labute approximate surface area is 191 Å². The number of hydrogen-bond donors (Lipinski definition) is 1. The highest BCUT2D eigenvalue weighted by Gasteiger charge is 2.32. The molecule has 2 aromatic heterocycles. The zero-order valence-electron chi connectivity index (χ0n) is 18.3. The van der Waals surface area contributed by atoms with Crippen LogP contribution in [0.4, 0.5) is 0 Å². The number of ether oxygens (including phenoxy) is 1. The second-order valence-corrected chi connectivity index (χ2v) is 9.13. The van der Waals surface area contributed by atoms with Gasteiger partial charge < -0.3 is 9.84 Å². The van der Waals surface area contributed by atoms with Gasteiger partial charge in [0.15, 0.2) is 0 Å². The number of methoxy groups -OCH3 is 1. The summed E-state index contributed by atoms with van der Waals surface area (Å²) in [5.74, 6) is 1.64. The van der Waals surface area contributed by atoms with E-state index >= 15 is 0 Å². The van der Waals surface area contributed by atoms with Gasteiger partial charge in [0, 0.05) is 32.7 Å². The van der Waals surface area contributed by atoms with E-state index in [1.807, 2.05) is 19.1 Å². The van der Waals surface area contributed by atoms with Gasteiger partial charge in [-0.3, -0.25) is 9.80 Å². The Morgan fingerprint density at radius 3 is 2.56 bits per heavy atom. The first-order valence-electron chi connectivity index (χ1n) is 10.8. The molecule has 1 aliphatic heterocycles. The van der Waals surface area contributed by atoms with Crippen LogP contribution in [0, 0.1) is 6.92 Å². The fourth-order valence-corrected chi connectivity index (χ4v) is 5.55. The first-order chi connectivity index (χ1) is 15.6. The Morgan fingerprint density at radius 2 is 1.84 bits per heavy atom. The third kappa shape index (κ3) is 4.09. The van der Waals surface area contributed by atoms with Gasteiger partial charge in [0.25, 0.3) is 0 Å². The molecule has 1 aliphatic rings. The molecule has 4 aromatic rings. The van der Waals surface area contributed by atoms with Crippen LogP contribution in [0.15, 0.2) is 54.6 Å². The highest BCUT2D eigenvalue weighted by Crippen LogP contribution is 2.41. The molecule has 166 valence electrons. The average Bonchev–Trinajstić information content (AvgIpc) is 3.33. The van der Waals surface area contributed by atoms with Crippen LogP contribution in [-0.4, -0.2) is 62.8 Å². The third-order valence-corrected chi connectivity index (χ3v) is 7.06. The van der Waals surface area contributed by atoms with Crippen LogP contribution in [0.25, 0.3) is 4.96 Å². The van der Waals surface area contributed by atoms with Crippen LogP contribution in [0.2, 0.25) is 0 Å². The number of aryl methyl sites for hydroxylation is 1. The predicted molar refractivity (Wildman–Crippen MR) is 125 cm³/mol. The SMILES string of the molecule is COc1cccc([C@@H](c2sc3nc(C)nn3c2O)N2CCN(Cc3ccccc3)CC2)c1. The van der Waals surface area contributed by atoms with Gasteiger partial charge in [-0.15, -0.1) is 5.10 Å². The molecular formula is C24H27N5O2S. The van der Waals surface area contributed by atoms with Crippen LogP contribution in [0.5, 0.6) is 11.6 Å². The number of benzene rings is 2. The molecule has 8 heteroatoms. The van der Waals surface area contributed by atoms with E-state index in [1.54, 1.807) is 11.6 Å². The minimum absolute atomic E-state index is 0.0854. The van der Waals surface area contributed by atoms with Crippen molar-refractivity contribution in [2.45, 2.75) is 19.5 Å². The van der Waals surface area contributed by atoms with Crippen molar-refractivity contribution in [3.8, 4) is 11.6 Å². The minimum Gasteiger partial charge on any atom is -0.497 e. The molecule has 1 atom stereocenters. The summed E-state index contributed by atoms with van der Waals surface area (Å²) < 4.78 is 7.04. The molecule has 0 unspecified atom stereocenters. The molecular weight excluding hydrogens is 422 g/mol. The fourth-order valence-electron chi connectivity index (χ4n) is 4.39. The summed E-state index contributed by atoms with van der Waals surface area (Å²) in [6, 6.07) is 18.6. The Kier molecular flexibility index (Phi) is 5.82. The standard InChI is InChI=1S/C24H27N5O2S/c1-17-25-24-29(26-17)23(30)22(32-24)21(19-9-6-10-20(15-19)31-2)28-13-11-27(12-14-28)16-18-7-4-3-5-8-18/h3-10,15,21,30H,11-14,16H2,1-2H3/t21-/m0/s1. The number of piperazine rings is 1. The quantitative estimate of drug-likeness (QED) is 0.484. The molecule has 7 nitrogen and oxygen atoms in total. The molecule has 32 heavy (non-hydrogen) atoms. The second-order valence-electron chi connectivity index (χ2n) is 8.12. The molecule has 1 N–H and O–H groups in total. The predicted octanol–water partition coefficient (Wildman–Crippen LogP) is 3.72. The first-order valence-corrected chi connectivity index (χ1v) is 11.6. The van der Waals surface area contributed by atoms with E-state index in [9.17, 15) is 5.11 Å². The van der Waals surface area contributed by atoms with Gasteiger partial charge in [-0.25, -0.2) is 4.98 Å². The smallest absolute Gasteiger partial charge is 0.230 e. The van der Waals surface area contributed by atoms with E-state index < -0.39 is 0 Å². The van der Waals surface area contributed by atoms with Crippen molar-refractivity contribution in [1.82, 2.24) is 24.4 Å². The van der Waals surface area contributed by atoms with Gasteiger partial charge in [0.1, 0.15) is 11.6 Å². The number of rotatable bonds is 6. The Hall–Kier alpha value is -2.94. The Morgan fingerprint density at radius 1 is 1.06 bits per heavy atom. The third-order valence-electron chi connectivity index (χ3n) is 5.98. The topological polar surface area (TPSA) is 66.1 Å². The van der Waals surface area contributed by atoms with Gasteiger partial charge >= 0.3 is 0 Å². The molecule has 0 saturated carbocycles. The van der Waals surface area contributed by atoms with Crippen molar-refractivity contribution >= 4 is 16.3 Å². The zero-order chi connectivity index (χ0) is 22.1. The number of aromatic nitrogens is 3. The highest BCUT2D eigenvalue weighted by atomic mass is 32.1. The van der Waals surface area contributed by atoms with E-state index in [4.69, 9.17) is 4.74 Å². The van der Waals surface area contributed by atoms with Crippen LogP contribution < -0.4 is 4.74 Å². The average molecular weight is 450 g/mol. The molecule has 5 rings (SSSR count). The van der Waals surface area contributed by atoms with E-state index in [-0.39, 0.29) is 11.9 Å². The van der Waals surface area contributed by atoms with Gasteiger partial charge in [0.2, 0.25) is 10.8 Å². The van der Waals surface area contributed by atoms with E-state index in [1.165, 1.54) is 16.9 Å². The molecule has 0 bridgehead atoms. The number of aromatic hydroxyl groups is 1. The molecule has 1 fully saturated rings. The van der Waals surface area contributed by atoms with Crippen LogP contribution in [0.3, 0.4) is 0 Å². The maximum absolute atomic E-state index is 11.0. The lowest BCUT2D eigenvalue weighted by atomic mass is 10.0. The van der Waals surface area contributed by atoms with Gasteiger partial charge in [0.05, 0.1) is 18.0 Å². The Balaban J connectivity index is 1.43. The summed E-state index contributed by atoms with van der Waals surface area (Å²) in [5.41, 5.74) is 2.43. The summed E-state index contributed by atoms with van der Waals surface area (Å²) >= 11 is 1.50. The molecule has 2 aromatic carbocycles. The molecule has 0 spiro atoms. The molecule has 0 aliphatic carbocycles. The van der Waals surface area contributed by atoms with E-state index in [0.717, 1.165) is 48.9 Å². The van der Waals surface area contributed by atoms with Crippen LogP contribution in [0.1, 0.15) is 27.9 Å². The summed E-state index contributed by atoms with van der Waals surface area (Å²) in [5, 5.41) is 15.4. The highest BCUT2D eigenvalue weighted by molar-refractivity contribution is 7.17. The summed E-state index contributed by atoms with van der Waals surface area (Å²) in [7, 11) is 1.68. The van der Waals surface area contributed by atoms with Crippen molar-refractivity contribution in [1.29, 1.82) is 0 Å². The van der Waals surface area contributed by atoms with E-state index in [2.05, 4.69) is 62.3 Å². The van der Waals surface area contributed by atoms with Crippen molar-refractivity contribution < 1.29 is 9.84 Å². The number of fused-ring (bicyclic) bond motifs is 1. The largest absolute Gasteiger partial charge is 0.497 e. The molecule has 0 amide bonds. The van der Waals surface area contributed by atoms with E-state index in [0.29, 0.717) is 10.8 Å². The Bertz CT molecular complexity index is 1200. The maximum Gasteiger partial charge on any atom is 0.230 e. The van der Waals surface area contributed by atoms with Gasteiger partial charge in [-0.1, -0.05) is 53.8 Å². The number of nitrogens with zero attached hydrogens (tertiary/aromatic N) is 5. The monoisotopic (exact) mass is 449 g/mol. The molecule has 3 heterocycles. The van der Waals surface area contributed by atoms with Crippen molar-refractivity contribution in [3.63, 3.8) is 0 Å². The zero-order valence-corrected chi connectivity index (χ0v) is 19.1. The fraction of sp³-hybridized carbons (Fsp3) is 0.333. The minimum atomic E-state index is -0.0854. The van der Waals surface area contributed by atoms with Crippen molar-refractivity contribution in [3.05, 3.63) is 76.4 Å². The van der Waals surface area contributed by atoms with Crippen molar-refractivity contribution in [2.24, 2.45) is 0 Å². The number of thiazole rings is 1. The van der Waals surface area contributed by atoms with Crippen LogP contribution in [-0.2, 0) is 6.54 Å². The lowest BCUT2D eigenvalue weighted by Crippen LogP contribution is -2.47. The first kappa shape index (κ1) is 20.9.